The monoisotopic (exact) mass is 497 g/mol. The van der Waals surface area contributed by atoms with Crippen molar-refractivity contribution in [2.24, 2.45) is 5.73 Å². The second-order valence-electron chi connectivity index (χ2n) is 7.86. The number of rotatable bonds is 5. The molecule has 0 atom stereocenters. The third-order valence-corrected chi connectivity index (χ3v) is 6.92. The molecule has 0 saturated carbocycles. The number of carbonyl (C=O) groups excluding carboxylic acids is 2. The summed E-state index contributed by atoms with van der Waals surface area (Å²) in [5.41, 5.74) is 20.4. The van der Waals surface area contributed by atoms with E-state index in [1.54, 1.807) is 36.5 Å². The number of carbonyl (C=O) groups is 2. The van der Waals surface area contributed by atoms with Gasteiger partial charge in [-0.25, -0.2) is 4.98 Å². The molecule has 11 heteroatoms. The van der Waals surface area contributed by atoms with Gasteiger partial charge in [0.05, 0.1) is 29.6 Å². The minimum absolute atomic E-state index is 0.0166. The molecule has 0 fully saturated rings. The van der Waals surface area contributed by atoms with E-state index in [0.29, 0.717) is 43.9 Å². The maximum absolute atomic E-state index is 13.2. The first-order chi connectivity index (χ1) is 17.3. The van der Waals surface area contributed by atoms with Crippen molar-refractivity contribution < 1.29 is 14.3 Å². The molecule has 3 heterocycles. The lowest BCUT2D eigenvalue weighted by atomic mass is 9.96. The van der Waals surface area contributed by atoms with Crippen LogP contribution < -0.4 is 27.3 Å². The summed E-state index contributed by atoms with van der Waals surface area (Å²) in [7, 11) is 1.48. The van der Waals surface area contributed by atoms with Crippen molar-refractivity contribution in [3.05, 3.63) is 64.7 Å². The van der Waals surface area contributed by atoms with Gasteiger partial charge < -0.3 is 32.2 Å². The molecule has 0 aliphatic heterocycles. The second kappa shape index (κ2) is 8.61. The fraction of sp³-hybridized carbons (Fsp3) is 0.0400. The largest absolute Gasteiger partial charge is 0.495 e. The van der Waals surface area contributed by atoms with Gasteiger partial charge >= 0.3 is 0 Å². The Labute approximate surface area is 208 Å². The van der Waals surface area contributed by atoms with Crippen molar-refractivity contribution in [2.75, 3.05) is 23.9 Å². The van der Waals surface area contributed by atoms with Crippen molar-refractivity contribution in [1.82, 2.24) is 9.97 Å². The van der Waals surface area contributed by atoms with Crippen LogP contribution in [0, 0.1) is 11.3 Å². The number of thiophene rings is 1. The number of fused-ring (bicyclic) bond motifs is 2. The summed E-state index contributed by atoms with van der Waals surface area (Å²) in [4.78, 5) is 33.0. The topological polar surface area (TPSA) is 186 Å². The zero-order valence-corrected chi connectivity index (χ0v) is 19.7. The van der Waals surface area contributed by atoms with E-state index in [1.807, 2.05) is 12.1 Å². The quantitative estimate of drug-likeness (QED) is 0.244. The predicted octanol–water partition coefficient (Wildman–Crippen LogP) is 3.84. The van der Waals surface area contributed by atoms with Crippen LogP contribution in [0.1, 0.15) is 25.6 Å². The summed E-state index contributed by atoms with van der Waals surface area (Å²) < 4.78 is 5.46. The summed E-state index contributed by atoms with van der Waals surface area (Å²) >= 11 is 0.998. The van der Waals surface area contributed by atoms with Crippen LogP contribution >= 0.6 is 11.3 Å². The fourth-order valence-electron chi connectivity index (χ4n) is 4.18. The Morgan fingerprint density at radius 1 is 1.19 bits per heavy atom. The Kier molecular flexibility index (Phi) is 5.43. The molecule has 5 aromatic rings. The summed E-state index contributed by atoms with van der Waals surface area (Å²) in [6.45, 7) is 0. The minimum Gasteiger partial charge on any atom is -0.495 e. The highest BCUT2D eigenvalue weighted by Gasteiger charge is 2.24. The number of anilines is 3. The molecule has 3 aromatic heterocycles. The summed E-state index contributed by atoms with van der Waals surface area (Å²) in [6.07, 6.45) is 1.76. The number of nitrogens with zero attached hydrogens (tertiary/aromatic N) is 2. The first-order valence-electron chi connectivity index (χ1n) is 10.6. The van der Waals surface area contributed by atoms with Gasteiger partial charge in [0.25, 0.3) is 11.8 Å². The molecule has 8 N–H and O–H groups in total. The number of pyridine rings is 1. The Morgan fingerprint density at radius 3 is 2.72 bits per heavy atom. The molecule has 0 radical (unpaired) electrons. The molecule has 10 nitrogen and oxygen atoms in total. The summed E-state index contributed by atoms with van der Waals surface area (Å²) in [5, 5.41) is 14.1. The van der Waals surface area contributed by atoms with Gasteiger partial charge in [0.2, 0.25) is 0 Å². The van der Waals surface area contributed by atoms with E-state index in [2.05, 4.69) is 21.4 Å². The summed E-state index contributed by atoms with van der Waals surface area (Å²) in [5.74, 6) is -0.681. The van der Waals surface area contributed by atoms with E-state index in [1.165, 1.54) is 7.11 Å². The molecule has 2 amide bonds. The first-order valence-corrected chi connectivity index (χ1v) is 11.4. The third kappa shape index (κ3) is 3.53. The Bertz CT molecular complexity index is 1750. The van der Waals surface area contributed by atoms with E-state index >= 15 is 0 Å². The van der Waals surface area contributed by atoms with E-state index in [-0.39, 0.29) is 27.9 Å². The number of hydrogen-bond acceptors (Lipinski definition) is 8. The number of ether oxygens (including phenoxy) is 1. The van der Waals surface area contributed by atoms with Crippen LogP contribution in [0.4, 0.5) is 17.2 Å². The molecule has 5 rings (SSSR count). The number of nitriles is 1. The molecule has 0 unspecified atom stereocenters. The lowest BCUT2D eigenvalue weighted by Crippen LogP contribution is -2.13. The highest BCUT2D eigenvalue weighted by molar-refractivity contribution is 7.21. The normalized spacial score (nSPS) is 10.9. The average molecular weight is 498 g/mol. The Balaban J connectivity index is 1.68. The van der Waals surface area contributed by atoms with Gasteiger partial charge in [-0.1, -0.05) is 18.2 Å². The molecule has 178 valence electrons. The van der Waals surface area contributed by atoms with Crippen molar-refractivity contribution in [3.63, 3.8) is 0 Å². The highest BCUT2D eigenvalue weighted by atomic mass is 32.1. The molecule has 36 heavy (non-hydrogen) atoms. The van der Waals surface area contributed by atoms with Crippen LogP contribution in [0.15, 0.2) is 48.7 Å². The Hall–Kier alpha value is -5.08. The van der Waals surface area contributed by atoms with Crippen molar-refractivity contribution in [1.29, 1.82) is 5.26 Å². The van der Waals surface area contributed by atoms with Gasteiger partial charge in [-0.3, -0.25) is 9.59 Å². The van der Waals surface area contributed by atoms with Crippen LogP contribution in [0.3, 0.4) is 0 Å². The van der Waals surface area contributed by atoms with Crippen LogP contribution in [0.2, 0.25) is 0 Å². The minimum atomic E-state index is -0.709. The molecule has 0 aliphatic rings. The molecule has 2 aromatic carbocycles. The molecule has 0 spiro atoms. The molecule has 0 bridgehead atoms. The third-order valence-electron chi connectivity index (χ3n) is 5.81. The van der Waals surface area contributed by atoms with Gasteiger partial charge in [-0.2, -0.15) is 5.26 Å². The van der Waals surface area contributed by atoms with E-state index < -0.39 is 5.91 Å². The van der Waals surface area contributed by atoms with E-state index in [0.717, 1.165) is 16.7 Å². The number of para-hydroxylation sites is 1. The van der Waals surface area contributed by atoms with E-state index in [9.17, 15) is 14.9 Å². The average Bonchev–Trinajstić information content (AvgIpc) is 3.47. The zero-order valence-electron chi connectivity index (χ0n) is 18.9. The molecule has 0 saturated heterocycles. The highest BCUT2D eigenvalue weighted by Crippen LogP contribution is 2.44. The number of aromatic nitrogens is 2. The predicted molar refractivity (Wildman–Crippen MR) is 140 cm³/mol. The summed E-state index contributed by atoms with van der Waals surface area (Å²) in [6, 6.07) is 14.4. The van der Waals surface area contributed by atoms with Crippen molar-refractivity contribution >= 4 is 61.5 Å². The number of nitrogens with one attached hydrogen (secondary N) is 2. The fourth-order valence-corrected chi connectivity index (χ4v) is 5.14. The molecular weight excluding hydrogens is 478 g/mol. The first kappa shape index (κ1) is 22.7. The second-order valence-corrected chi connectivity index (χ2v) is 8.86. The van der Waals surface area contributed by atoms with Crippen LogP contribution in [0.5, 0.6) is 5.75 Å². The van der Waals surface area contributed by atoms with Gasteiger partial charge in [-0.05, 0) is 29.8 Å². The number of benzene rings is 2. The number of hydrogen-bond donors (Lipinski definition) is 5. The number of H-pyrrole nitrogens is 1. The number of amides is 2. The lowest BCUT2D eigenvalue weighted by Gasteiger charge is -2.15. The number of primary amides is 1. The number of aromatic amines is 1. The van der Waals surface area contributed by atoms with Crippen LogP contribution in [-0.2, 0) is 0 Å². The van der Waals surface area contributed by atoms with Crippen LogP contribution in [0.25, 0.3) is 32.2 Å². The smallest absolute Gasteiger partial charge is 0.260 e. The van der Waals surface area contributed by atoms with E-state index in [4.69, 9.17) is 21.9 Å². The SMILES string of the molecule is COc1ccc(-c2c(C#N)c(N)nc3sc(C(N)=O)c(N)c23)cc1NC(=O)c1cccc2cc[nH]c12. The van der Waals surface area contributed by atoms with Crippen molar-refractivity contribution in [3.8, 4) is 22.9 Å². The van der Waals surface area contributed by atoms with Gasteiger partial charge in [0.15, 0.2) is 0 Å². The van der Waals surface area contributed by atoms with Gasteiger partial charge in [0.1, 0.15) is 32.9 Å². The number of methoxy groups -OCH3 is 1. The van der Waals surface area contributed by atoms with Gasteiger partial charge in [0, 0.05) is 22.5 Å². The maximum atomic E-state index is 13.2. The van der Waals surface area contributed by atoms with Gasteiger partial charge in [-0.15, -0.1) is 11.3 Å². The maximum Gasteiger partial charge on any atom is 0.260 e. The molecular formula is C25H19N7O3S. The Morgan fingerprint density at radius 2 is 2.00 bits per heavy atom. The standard InChI is InChI=1S/C25H19N7O3S/c1-35-16-6-5-12(9-15(16)31-24(34)13-4-2-3-11-7-8-30-20(11)13)17-14(10-26)22(28)32-25-18(17)19(27)21(36-25)23(29)33/h2-9,30H,27H2,1H3,(H2,28,32)(H2,29,33)(H,31,34). The lowest BCUT2D eigenvalue weighted by molar-refractivity contribution is 0.100. The number of nitrogens with two attached hydrogens (primary N) is 3. The van der Waals surface area contributed by atoms with Crippen LogP contribution in [-0.4, -0.2) is 28.9 Å². The zero-order chi connectivity index (χ0) is 25.6. The van der Waals surface area contributed by atoms with Crippen molar-refractivity contribution in [2.45, 2.75) is 0 Å². The molecule has 0 aliphatic carbocycles. The number of nitrogen functional groups attached to an aromatic ring is 2.